The lowest BCUT2D eigenvalue weighted by atomic mass is 10.3. The molecule has 0 radical (unpaired) electrons. The Morgan fingerprint density at radius 2 is 2.07 bits per heavy atom. The minimum atomic E-state index is -1.04. The Hall–Kier alpha value is -1.65. The molecule has 5 heteroatoms. The number of aryl methyl sites for hydroxylation is 1. The average Bonchev–Trinajstić information content (AvgIpc) is 2.21. The van der Waals surface area contributed by atoms with E-state index < -0.39 is 5.97 Å². The van der Waals surface area contributed by atoms with Crippen molar-refractivity contribution >= 4 is 11.8 Å². The largest absolute Gasteiger partial charge is 0.476 e. The predicted molar refractivity (Wildman–Crippen MR) is 57.3 cm³/mol. The Labute approximate surface area is 88.8 Å². The molecule has 1 aromatic heterocycles. The summed E-state index contributed by atoms with van der Waals surface area (Å²) in [6.45, 7) is 7.48. The van der Waals surface area contributed by atoms with Gasteiger partial charge in [-0.05, 0) is 20.8 Å². The van der Waals surface area contributed by atoms with E-state index in [0.29, 0.717) is 5.69 Å². The fourth-order valence-electron chi connectivity index (χ4n) is 1.41. The molecule has 1 heterocycles. The van der Waals surface area contributed by atoms with Crippen molar-refractivity contribution in [3.63, 3.8) is 0 Å². The van der Waals surface area contributed by atoms with E-state index in [2.05, 4.69) is 9.97 Å². The second-order valence-corrected chi connectivity index (χ2v) is 3.14. The number of carboxylic acids is 1. The second-order valence-electron chi connectivity index (χ2n) is 3.14. The minimum Gasteiger partial charge on any atom is -0.476 e. The Bertz CT molecular complexity index is 362. The van der Waals surface area contributed by atoms with Gasteiger partial charge in [0.2, 0.25) is 0 Å². The fraction of sp³-hybridized carbons (Fsp3) is 0.500. The molecule has 0 fully saturated rings. The van der Waals surface area contributed by atoms with Gasteiger partial charge < -0.3 is 10.0 Å². The first-order valence-corrected chi connectivity index (χ1v) is 4.92. The zero-order valence-corrected chi connectivity index (χ0v) is 9.19. The molecule has 0 saturated heterocycles. The number of aromatic carboxylic acids is 1. The number of hydrogen-bond acceptors (Lipinski definition) is 4. The maximum absolute atomic E-state index is 10.7. The van der Waals surface area contributed by atoms with Crippen LogP contribution in [0.2, 0.25) is 0 Å². The van der Waals surface area contributed by atoms with E-state index in [1.165, 1.54) is 6.20 Å². The van der Waals surface area contributed by atoms with Gasteiger partial charge in [0, 0.05) is 13.1 Å². The molecule has 0 unspecified atom stereocenters. The van der Waals surface area contributed by atoms with E-state index in [4.69, 9.17) is 5.11 Å². The molecule has 0 saturated carbocycles. The average molecular weight is 209 g/mol. The van der Waals surface area contributed by atoms with Gasteiger partial charge in [0.1, 0.15) is 5.82 Å². The van der Waals surface area contributed by atoms with Crippen LogP contribution in [0.4, 0.5) is 5.82 Å². The maximum Gasteiger partial charge on any atom is 0.356 e. The molecular formula is C10H15N3O2. The topological polar surface area (TPSA) is 66.3 Å². The van der Waals surface area contributed by atoms with Gasteiger partial charge in [-0.2, -0.15) is 0 Å². The highest BCUT2D eigenvalue weighted by Crippen LogP contribution is 2.14. The molecule has 5 nitrogen and oxygen atoms in total. The number of anilines is 1. The zero-order chi connectivity index (χ0) is 11.4. The summed E-state index contributed by atoms with van der Waals surface area (Å²) in [4.78, 5) is 20.8. The van der Waals surface area contributed by atoms with Gasteiger partial charge in [-0.1, -0.05) is 0 Å². The minimum absolute atomic E-state index is 0.0107. The molecule has 0 amide bonds. The van der Waals surface area contributed by atoms with Crippen LogP contribution in [0.15, 0.2) is 6.20 Å². The van der Waals surface area contributed by atoms with E-state index in [0.717, 1.165) is 18.9 Å². The van der Waals surface area contributed by atoms with Crippen LogP contribution < -0.4 is 4.90 Å². The first-order chi connectivity index (χ1) is 7.10. The zero-order valence-electron chi connectivity index (χ0n) is 9.19. The summed E-state index contributed by atoms with van der Waals surface area (Å²) < 4.78 is 0. The standard InChI is InChI=1S/C10H15N3O2/c1-4-13(5-2)9-7(3)12-8(6-11-9)10(14)15/h6H,4-5H2,1-3H3,(H,14,15). The predicted octanol–water partition coefficient (Wildman–Crippen LogP) is 1.33. The van der Waals surface area contributed by atoms with E-state index in [9.17, 15) is 4.79 Å². The van der Waals surface area contributed by atoms with Crippen LogP contribution in [0.3, 0.4) is 0 Å². The molecule has 0 aliphatic carbocycles. The molecule has 0 atom stereocenters. The SMILES string of the molecule is CCN(CC)c1ncc(C(=O)O)nc1C. The van der Waals surface area contributed by atoms with Crippen LogP contribution in [-0.2, 0) is 0 Å². The normalized spacial score (nSPS) is 10.1. The molecule has 0 aromatic carbocycles. The molecule has 0 aliphatic rings. The number of nitrogens with zero attached hydrogens (tertiary/aromatic N) is 3. The van der Waals surface area contributed by atoms with Crippen LogP contribution in [-0.4, -0.2) is 34.1 Å². The Kier molecular flexibility index (Phi) is 3.60. The smallest absolute Gasteiger partial charge is 0.356 e. The van der Waals surface area contributed by atoms with Crippen molar-refractivity contribution in [3.8, 4) is 0 Å². The van der Waals surface area contributed by atoms with Crippen molar-refractivity contribution in [2.75, 3.05) is 18.0 Å². The van der Waals surface area contributed by atoms with Crippen LogP contribution in [0, 0.1) is 6.92 Å². The van der Waals surface area contributed by atoms with Gasteiger partial charge in [0.15, 0.2) is 5.69 Å². The highest BCUT2D eigenvalue weighted by Gasteiger charge is 2.12. The highest BCUT2D eigenvalue weighted by molar-refractivity contribution is 5.85. The Morgan fingerprint density at radius 1 is 1.47 bits per heavy atom. The fourth-order valence-corrected chi connectivity index (χ4v) is 1.41. The first-order valence-electron chi connectivity index (χ1n) is 4.92. The molecule has 0 aliphatic heterocycles. The molecule has 1 aromatic rings. The number of aromatic nitrogens is 2. The molecule has 82 valence electrons. The molecule has 15 heavy (non-hydrogen) atoms. The molecular weight excluding hydrogens is 194 g/mol. The summed E-state index contributed by atoms with van der Waals surface area (Å²) in [6, 6.07) is 0. The summed E-state index contributed by atoms with van der Waals surface area (Å²) in [6.07, 6.45) is 1.29. The van der Waals surface area contributed by atoms with E-state index in [-0.39, 0.29) is 5.69 Å². The summed E-state index contributed by atoms with van der Waals surface area (Å²) in [5, 5.41) is 8.74. The van der Waals surface area contributed by atoms with Crippen LogP contribution in [0.5, 0.6) is 0 Å². The van der Waals surface area contributed by atoms with Crippen molar-refractivity contribution < 1.29 is 9.90 Å². The third-order valence-electron chi connectivity index (χ3n) is 2.20. The Balaban J connectivity index is 3.07. The molecule has 1 N–H and O–H groups in total. The van der Waals surface area contributed by atoms with Gasteiger partial charge in [-0.3, -0.25) is 0 Å². The number of rotatable bonds is 4. The number of carboxylic acid groups (broad SMARTS) is 1. The molecule has 1 rings (SSSR count). The van der Waals surface area contributed by atoms with E-state index in [1.54, 1.807) is 6.92 Å². The third-order valence-corrected chi connectivity index (χ3v) is 2.20. The first kappa shape index (κ1) is 11.4. The molecule has 0 spiro atoms. The lowest BCUT2D eigenvalue weighted by Gasteiger charge is -2.20. The monoisotopic (exact) mass is 209 g/mol. The summed E-state index contributed by atoms with van der Waals surface area (Å²) in [5.41, 5.74) is 0.641. The Morgan fingerprint density at radius 3 is 2.47 bits per heavy atom. The summed E-state index contributed by atoms with van der Waals surface area (Å²) >= 11 is 0. The quantitative estimate of drug-likeness (QED) is 0.810. The second kappa shape index (κ2) is 4.72. The summed E-state index contributed by atoms with van der Waals surface area (Å²) in [7, 11) is 0. The van der Waals surface area contributed by atoms with Crippen molar-refractivity contribution in [1.82, 2.24) is 9.97 Å². The van der Waals surface area contributed by atoms with Crippen molar-refractivity contribution in [2.24, 2.45) is 0 Å². The lowest BCUT2D eigenvalue weighted by Crippen LogP contribution is -2.24. The van der Waals surface area contributed by atoms with Crippen molar-refractivity contribution in [1.29, 1.82) is 0 Å². The van der Waals surface area contributed by atoms with E-state index in [1.807, 2.05) is 18.7 Å². The van der Waals surface area contributed by atoms with Gasteiger partial charge in [0.05, 0.1) is 11.9 Å². The van der Waals surface area contributed by atoms with Crippen LogP contribution in [0.25, 0.3) is 0 Å². The number of hydrogen-bond donors (Lipinski definition) is 1. The van der Waals surface area contributed by atoms with Crippen molar-refractivity contribution in [2.45, 2.75) is 20.8 Å². The van der Waals surface area contributed by atoms with Crippen LogP contribution in [0.1, 0.15) is 30.0 Å². The van der Waals surface area contributed by atoms with Gasteiger partial charge in [0.25, 0.3) is 0 Å². The summed E-state index contributed by atoms with van der Waals surface area (Å²) in [5.74, 6) is -0.290. The van der Waals surface area contributed by atoms with Crippen molar-refractivity contribution in [3.05, 3.63) is 17.6 Å². The van der Waals surface area contributed by atoms with Gasteiger partial charge in [-0.25, -0.2) is 14.8 Å². The van der Waals surface area contributed by atoms with Gasteiger partial charge >= 0.3 is 5.97 Å². The van der Waals surface area contributed by atoms with Gasteiger partial charge in [-0.15, -0.1) is 0 Å². The third kappa shape index (κ3) is 2.43. The molecule has 0 bridgehead atoms. The lowest BCUT2D eigenvalue weighted by molar-refractivity contribution is 0.0689. The number of carbonyl (C=O) groups is 1. The van der Waals surface area contributed by atoms with E-state index >= 15 is 0 Å². The maximum atomic E-state index is 10.7. The van der Waals surface area contributed by atoms with Crippen LogP contribution >= 0.6 is 0 Å². The highest BCUT2D eigenvalue weighted by atomic mass is 16.4.